The highest BCUT2D eigenvalue weighted by atomic mass is 32.2. The number of methoxy groups -OCH3 is 3. The summed E-state index contributed by atoms with van der Waals surface area (Å²) >= 11 is 0. The second-order valence-electron chi connectivity index (χ2n) is 46.3. The predicted molar refractivity (Wildman–Crippen MR) is 607 cm³/mol. The molecule has 0 aliphatic heterocycles. The molecule has 1 N–H and O–H groups in total. The summed E-state index contributed by atoms with van der Waals surface area (Å²) < 4.78 is 38.7. The predicted octanol–water partition coefficient (Wildman–Crippen LogP) is 32.0. The molecule has 1 amide bonds. The number of fused-ring (bicyclic) bond motifs is 7. The second kappa shape index (κ2) is 47.6. The van der Waals surface area contributed by atoms with Crippen LogP contribution in [0.2, 0.25) is 0 Å². The van der Waals surface area contributed by atoms with E-state index in [2.05, 4.69) is 385 Å². The molecule has 15 aromatic rings. The van der Waals surface area contributed by atoms with Gasteiger partial charge in [0.1, 0.15) is 28.8 Å². The van der Waals surface area contributed by atoms with Gasteiger partial charge in [-0.15, -0.1) is 0 Å². The number of Topliss-reactive ketones (excluding diaryl/α,β-unsaturated/α-hetero) is 2. The number of hydrogen-bond donors (Lipinski definition) is 1. The van der Waals surface area contributed by atoms with Crippen LogP contribution in [-0.4, -0.2) is 91.7 Å². The van der Waals surface area contributed by atoms with Crippen molar-refractivity contribution < 1.29 is 42.1 Å². The number of nitrogens with zero attached hydrogens (tertiary/aromatic N) is 3. The molecule has 12 nitrogen and oxygen atoms in total. The van der Waals surface area contributed by atoms with E-state index in [1.165, 1.54) is 99.5 Å². The van der Waals surface area contributed by atoms with Crippen LogP contribution in [0.5, 0.6) is 17.2 Å². The van der Waals surface area contributed by atoms with Gasteiger partial charge in [-0.3, -0.25) is 14.4 Å². The fourth-order valence-electron chi connectivity index (χ4n) is 16.4. The maximum atomic E-state index is 11.9. The second-order valence-corrected chi connectivity index (χ2v) is 48.3. The topological polar surface area (TPSA) is 164 Å². The van der Waals surface area contributed by atoms with Crippen molar-refractivity contribution in [3.05, 3.63) is 339 Å². The first-order valence-electron chi connectivity index (χ1n) is 49.3. The Labute approximate surface area is 851 Å². The molecule has 0 spiro atoms. The van der Waals surface area contributed by atoms with E-state index in [4.69, 9.17) is 19.5 Å². The highest BCUT2D eigenvalue weighted by Gasteiger charge is 2.30. The van der Waals surface area contributed by atoms with E-state index >= 15 is 0 Å². The van der Waals surface area contributed by atoms with Gasteiger partial charge in [-0.05, 0) is 255 Å². The minimum Gasteiger partial charge on any atom is -0.497 e. The van der Waals surface area contributed by atoms with Gasteiger partial charge in [-0.25, -0.2) is 8.42 Å². The fraction of sp³-hybridized carbons (Fsp3) is 0.380. The first kappa shape index (κ1) is 115. The molecule has 142 heavy (non-hydrogen) atoms. The summed E-state index contributed by atoms with van der Waals surface area (Å²) in [6.07, 6.45) is 4.92. The Morgan fingerprint density at radius 1 is 0.359 bits per heavy atom. The number of rotatable bonds is 13. The van der Waals surface area contributed by atoms with E-state index in [1.807, 2.05) is 60.7 Å². The Morgan fingerprint density at radius 2 is 0.662 bits per heavy atom. The van der Waals surface area contributed by atoms with Crippen molar-refractivity contribution >= 4 is 108 Å². The normalized spacial score (nSPS) is 12.3. The largest absolute Gasteiger partial charge is 0.497 e. The van der Waals surface area contributed by atoms with Crippen LogP contribution < -0.4 is 19.1 Å². The molecule has 0 atom stereocenters. The average Bonchev–Trinajstić information content (AvgIpc) is 1.63. The first-order valence-corrected chi connectivity index (χ1v) is 51.1. The van der Waals surface area contributed by atoms with Crippen molar-refractivity contribution in [3.8, 4) is 23.3 Å². The molecule has 1 saturated carbocycles. The number of benzene rings is 15. The quantitative estimate of drug-likeness (QED) is 0.117. The van der Waals surface area contributed by atoms with Crippen LogP contribution in [0.25, 0.3) is 75.4 Å². The van der Waals surface area contributed by atoms with Gasteiger partial charge < -0.3 is 29.1 Å². The van der Waals surface area contributed by atoms with Gasteiger partial charge in [0.25, 0.3) is 5.91 Å². The molecular weight excluding hydrogens is 1770 g/mol. The molecule has 0 bridgehead atoms. The lowest BCUT2D eigenvalue weighted by atomic mass is 9.85. The minimum absolute atomic E-state index is 0. The summed E-state index contributed by atoms with van der Waals surface area (Å²) in [6, 6.07) is 94.4. The molecule has 0 unspecified atom stereocenters. The van der Waals surface area contributed by atoms with Crippen LogP contribution in [0.3, 0.4) is 0 Å². The monoisotopic (exact) mass is 1930 g/mol. The smallest absolute Gasteiger partial charge is 0.253 e. The standard InChI is InChI=1S/C19H22O.C17H21NO.C17H19NO.C17H20O.C16H21N.C16H20O2.C15H18O2S.C11H16O.CH4/c1-19(2,3)17-9-8-15-10-13(4-5-16(15)12-17)11-18(20)14-6-7-14;1-17(2,3)15-9-8-12-10-14(16(19)18(4)5)7-6-13(12)11-15;1-17(2,3)13-6-7-14-12(11-13)5-8-16(19-4)15(14)9-10-18;1-12(18)9-13-5-6-15-11-16(17(2,3)4)8-7-14(15)10-13;1-16(2,3)14-8-6-13-11-15(17(4)5)9-7-12(13)10-14;1-16(2,3)12-6-7-13-11(9-12)5-8-15(18-4)14(13)10-17;1-15(2,3)13-7-5-12-10-14(18(4,16)17)8-6-11(12)9-13;1-11(2,3)9-5-7-10(12-4)8-6-9;/h4-5,8-10,12,14H,6-7,11H2,1-3H3;6-11H,1-5H3;5-8,11H,9H2,1-4H3;5-8,10-11H,9H2,1-4H3;6-11H,1-5H3;5-9,17H,10H2,1-4H3;5-10H,1-4H3;5-8H,1-4H3;1H4. The van der Waals surface area contributed by atoms with Crippen molar-refractivity contribution in [2.45, 2.75) is 267 Å². The number of ketones is 2. The van der Waals surface area contributed by atoms with Crippen molar-refractivity contribution in [1.82, 2.24) is 4.90 Å². The Bertz CT molecular complexity index is 7070. The fourth-order valence-corrected chi connectivity index (χ4v) is 17.0. The lowest BCUT2D eigenvalue weighted by molar-refractivity contribution is -0.119. The summed E-state index contributed by atoms with van der Waals surface area (Å²) in [6.45, 7) is 54.7. The summed E-state index contributed by atoms with van der Waals surface area (Å²) in [5.41, 5.74) is 17.9. The molecule has 1 fully saturated rings. The summed E-state index contributed by atoms with van der Waals surface area (Å²) in [4.78, 5) is 39.1. The maximum absolute atomic E-state index is 11.9. The van der Waals surface area contributed by atoms with Crippen molar-refractivity contribution in [1.29, 1.82) is 5.26 Å². The van der Waals surface area contributed by atoms with E-state index in [1.54, 1.807) is 59.4 Å². The Hall–Kier alpha value is -12.5. The maximum Gasteiger partial charge on any atom is 0.253 e. The van der Waals surface area contributed by atoms with E-state index in [0.717, 1.165) is 90.2 Å². The van der Waals surface area contributed by atoms with Gasteiger partial charge in [-0.1, -0.05) is 380 Å². The van der Waals surface area contributed by atoms with Crippen molar-refractivity contribution in [2.75, 3.05) is 60.7 Å². The number of aliphatic hydroxyl groups is 1. The van der Waals surface area contributed by atoms with E-state index < -0.39 is 9.84 Å². The highest BCUT2D eigenvalue weighted by molar-refractivity contribution is 7.90. The number of anilines is 1. The zero-order valence-electron chi connectivity index (χ0n) is 90.7. The van der Waals surface area contributed by atoms with E-state index in [9.17, 15) is 27.9 Å². The van der Waals surface area contributed by atoms with Gasteiger partial charge >= 0.3 is 0 Å². The Kier molecular flexibility index (Phi) is 38.5. The average molecular weight is 1930 g/mol. The minimum atomic E-state index is -3.13. The molecule has 752 valence electrons. The Morgan fingerprint density at radius 3 is 1.00 bits per heavy atom. The first-order chi connectivity index (χ1) is 65.6. The van der Waals surface area contributed by atoms with E-state index in [0.29, 0.717) is 35.9 Å². The zero-order valence-corrected chi connectivity index (χ0v) is 91.5. The number of sulfone groups is 1. The molecular formula is C129H161N3O9S. The third kappa shape index (κ3) is 32.3. The number of aliphatic hydroxyl groups excluding tert-OH is 1. The lowest BCUT2D eigenvalue weighted by Crippen LogP contribution is -2.21. The van der Waals surface area contributed by atoms with Gasteiger partial charge in [0, 0.05) is 75.6 Å². The molecule has 0 heterocycles. The number of amides is 1. The third-order valence-corrected chi connectivity index (χ3v) is 26.9. The van der Waals surface area contributed by atoms with Crippen LogP contribution in [0.15, 0.2) is 272 Å². The van der Waals surface area contributed by atoms with Crippen LogP contribution in [0, 0.1) is 17.2 Å². The molecule has 16 rings (SSSR count). The number of nitriles is 1. The van der Waals surface area contributed by atoms with Gasteiger partial charge in [-0.2, -0.15) is 5.26 Å². The van der Waals surface area contributed by atoms with Crippen molar-refractivity contribution in [2.24, 2.45) is 5.92 Å². The van der Waals surface area contributed by atoms with Crippen molar-refractivity contribution in [3.63, 3.8) is 0 Å². The number of hydrogen-bond acceptors (Lipinski definition) is 11. The molecule has 1 aliphatic rings. The molecule has 15 aromatic carbocycles. The summed E-state index contributed by atoms with van der Waals surface area (Å²) in [7, 11) is 9.52. The van der Waals surface area contributed by atoms with E-state index in [-0.39, 0.29) is 69.0 Å². The van der Waals surface area contributed by atoms with Crippen LogP contribution in [0.1, 0.15) is 270 Å². The third-order valence-electron chi connectivity index (χ3n) is 25.8. The van der Waals surface area contributed by atoms with Crippen LogP contribution in [-0.2, 0) is 88.6 Å². The SMILES string of the molecule is C.CC(=O)Cc1ccc2cc(C(C)(C)C)ccc2c1.CC(C)(C)c1ccc2cc(CC(=O)C3CC3)ccc2c1.CC(C)(C)c1ccc2cc(S(C)(=O)=O)ccc2c1.CN(C)C(=O)c1ccc2cc(C(C)(C)C)ccc2c1.CN(C)c1ccc2cc(C(C)(C)C)ccc2c1.COc1ccc(C(C)(C)C)cc1.COc1ccc2cc(C(C)(C)C)ccc2c1CC#N.COc1ccc2cc(C(C)(C)C)ccc2c1CO. The summed E-state index contributed by atoms with van der Waals surface area (Å²) in [5, 5.41) is 34.9. The Balaban J connectivity index is 0.000000199. The van der Waals surface area contributed by atoms with Gasteiger partial charge in [0.05, 0.1) is 45.3 Å². The highest BCUT2D eigenvalue weighted by Crippen LogP contribution is 2.39. The number of carbonyl (C=O) groups is 3. The molecule has 13 heteroatoms. The molecule has 0 radical (unpaired) electrons. The molecule has 0 aromatic heterocycles. The number of carbonyl (C=O) groups excluding carboxylic acids is 3. The molecule has 1 aliphatic carbocycles. The van der Waals surface area contributed by atoms with Gasteiger partial charge in [0.2, 0.25) is 0 Å². The number of ether oxygens (including phenoxy) is 3. The van der Waals surface area contributed by atoms with Crippen LogP contribution >= 0.6 is 0 Å². The van der Waals surface area contributed by atoms with Gasteiger partial charge in [0.15, 0.2) is 9.84 Å². The lowest BCUT2D eigenvalue weighted by Gasteiger charge is -2.20. The van der Waals surface area contributed by atoms with Crippen LogP contribution in [0.4, 0.5) is 5.69 Å². The molecule has 0 saturated heterocycles. The zero-order chi connectivity index (χ0) is 105. The summed E-state index contributed by atoms with van der Waals surface area (Å²) in [5.74, 6) is 3.47.